The summed E-state index contributed by atoms with van der Waals surface area (Å²) in [5.74, 6) is 0.286. The Bertz CT molecular complexity index is 2030. The van der Waals surface area contributed by atoms with E-state index in [1.54, 1.807) is 0 Å². The van der Waals surface area contributed by atoms with Gasteiger partial charge < -0.3 is 5.11 Å². The summed E-state index contributed by atoms with van der Waals surface area (Å²) in [7, 11) is 0. The molecule has 0 unspecified atom stereocenters. The maximum atomic E-state index is 12.2. The zero-order valence-corrected chi connectivity index (χ0v) is 37.7. The number of aliphatic hydroxyl groups excluding tert-OH is 1. The SMILES string of the molecule is CCC(C)(CC)C(=O)/C=C(\O)C(C)(CC)CC.Cc1c(-c2ccc(CC(C)(C)C)cc2)sc2c(-c3[c-]c4ccccc4c(C(C)(C)C)c3)nccc12.[Ir]. The molecular weight excluding hydrogens is 847 g/mol. The third-order valence-electron chi connectivity index (χ3n) is 11.2. The molecule has 53 heavy (non-hydrogen) atoms. The quantitative estimate of drug-likeness (QED) is 0.0863. The Kier molecular flexibility index (Phi) is 14.7. The molecule has 0 fully saturated rings. The number of rotatable bonds is 10. The molecule has 3 nitrogen and oxygen atoms in total. The number of nitrogens with zero attached hydrogens (tertiary/aromatic N) is 1. The predicted molar refractivity (Wildman–Crippen MR) is 227 cm³/mol. The van der Waals surface area contributed by atoms with Crippen molar-refractivity contribution in [1.29, 1.82) is 0 Å². The molecule has 0 amide bonds. The van der Waals surface area contributed by atoms with E-state index in [-0.39, 0.29) is 53.3 Å². The fourth-order valence-electron chi connectivity index (χ4n) is 6.66. The van der Waals surface area contributed by atoms with E-state index < -0.39 is 0 Å². The first-order chi connectivity index (χ1) is 24.3. The van der Waals surface area contributed by atoms with Gasteiger partial charge in [0.05, 0.1) is 0 Å². The maximum Gasteiger partial charge on any atom is 0.164 e. The van der Waals surface area contributed by atoms with Gasteiger partial charge in [-0.1, -0.05) is 136 Å². The van der Waals surface area contributed by atoms with E-state index in [4.69, 9.17) is 4.98 Å². The summed E-state index contributed by atoms with van der Waals surface area (Å²) < 4.78 is 1.24. The first kappa shape index (κ1) is 44.3. The van der Waals surface area contributed by atoms with E-state index in [1.165, 1.54) is 48.7 Å². The molecule has 287 valence electrons. The van der Waals surface area contributed by atoms with Gasteiger partial charge in [0, 0.05) is 58.5 Å². The number of carbonyl (C=O) groups is 1. The number of hydrogen-bond donors (Lipinski definition) is 1. The molecule has 0 aliphatic rings. The number of pyridine rings is 1. The molecule has 2 heterocycles. The Morgan fingerprint density at radius 1 is 0.811 bits per heavy atom. The smallest absolute Gasteiger partial charge is 0.164 e. The van der Waals surface area contributed by atoms with Crippen molar-refractivity contribution >= 4 is 38.0 Å². The normalized spacial score (nSPS) is 12.7. The van der Waals surface area contributed by atoms with Gasteiger partial charge in [0.2, 0.25) is 0 Å². The van der Waals surface area contributed by atoms with E-state index in [2.05, 4.69) is 115 Å². The molecule has 0 saturated carbocycles. The summed E-state index contributed by atoms with van der Waals surface area (Å²) in [4.78, 5) is 18.4. The summed E-state index contributed by atoms with van der Waals surface area (Å²) in [5, 5.41) is 13.8. The molecule has 5 rings (SSSR count). The number of carbonyl (C=O) groups excluding carboxylic acids is 1. The molecule has 0 bridgehead atoms. The summed E-state index contributed by atoms with van der Waals surface area (Å²) in [5.41, 5.74) is 7.16. The molecule has 3 aromatic carbocycles. The molecule has 5 aromatic rings. The Morgan fingerprint density at radius 2 is 1.40 bits per heavy atom. The second-order valence-electron chi connectivity index (χ2n) is 17.3. The third kappa shape index (κ3) is 10.2. The maximum absolute atomic E-state index is 12.2. The van der Waals surface area contributed by atoms with Crippen molar-refractivity contribution in [1.82, 2.24) is 4.98 Å². The molecule has 2 aromatic heterocycles. The first-order valence-electron chi connectivity index (χ1n) is 19.2. The summed E-state index contributed by atoms with van der Waals surface area (Å²) in [6.07, 6.45) is 7.79. The average Bonchev–Trinajstić information content (AvgIpc) is 3.45. The van der Waals surface area contributed by atoms with E-state index in [0.717, 1.165) is 48.7 Å². The van der Waals surface area contributed by atoms with Gasteiger partial charge >= 0.3 is 0 Å². The predicted octanol–water partition coefficient (Wildman–Crippen LogP) is 14.4. The number of aryl methyl sites for hydroxylation is 1. The Morgan fingerprint density at radius 3 is 1.94 bits per heavy atom. The van der Waals surface area contributed by atoms with Crippen molar-refractivity contribution < 1.29 is 30.0 Å². The van der Waals surface area contributed by atoms with Crippen molar-refractivity contribution in [3.8, 4) is 21.7 Å². The Balaban J connectivity index is 0.000000359. The number of aliphatic hydroxyl groups is 1. The van der Waals surface area contributed by atoms with E-state index >= 15 is 0 Å². The molecule has 0 saturated heterocycles. The fourth-order valence-corrected chi connectivity index (χ4v) is 7.97. The van der Waals surface area contributed by atoms with Crippen LogP contribution in [0.4, 0.5) is 0 Å². The average molecular weight is 909 g/mol. The number of aromatic nitrogens is 1. The minimum Gasteiger partial charge on any atom is -0.512 e. The summed E-state index contributed by atoms with van der Waals surface area (Å²) in [6.45, 7) is 28.0. The van der Waals surface area contributed by atoms with Gasteiger partial charge in [-0.3, -0.25) is 9.78 Å². The van der Waals surface area contributed by atoms with Crippen molar-refractivity contribution in [2.75, 3.05) is 0 Å². The third-order valence-corrected chi connectivity index (χ3v) is 12.6. The van der Waals surface area contributed by atoms with E-state index in [9.17, 15) is 9.90 Å². The molecule has 0 spiro atoms. The van der Waals surface area contributed by atoms with Gasteiger partial charge in [0.1, 0.15) is 5.76 Å². The van der Waals surface area contributed by atoms with Gasteiger partial charge in [0.15, 0.2) is 5.78 Å². The minimum absolute atomic E-state index is 0. The van der Waals surface area contributed by atoms with Gasteiger partial charge in [-0.2, -0.15) is 0 Å². The molecule has 1 N–H and O–H groups in total. The second kappa shape index (κ2) is 17.6. The van der Waals surface area contributed by atoms with Crippen LogP contribution in [0.15, 0.2) is 78.7 Å². The van der Waals surface area contributed by atoms with Crippen LogP contribution >= 0.6 is 11.3 Å². The topological polar surface area (TPSA) is 50.2 Å². The molecule has 0 atom stereocenters. The van der Waals surface area contributed by atoms with Crippen molar-refractivity contribution in [2.45, 2.75) is 128 Å². The van der Waals surface area contributed by atoms with Crippen LogP contribution in [0, 0.1) is 29.2 Å². The van der Waals surface area contributed by atoms with Gasteiger partial charge in [0.25, 0.3) is 0 Å². The van der Waals surface area contributed by atoms with Crippen LogP contribution in [0.2, 0.25) is 0 Å². The monoisotopic (exact) mass is 909 g/mol. The molecule has 5 heteroatoms. The van der Waals surface area contributed by atoms with Crippen LogP contribution in [0.3, 0.4) is 0 Å². The minimum atomic E-state index is -0.337. The fraction of sp³-hybridized carbons (Fsp3) is 0.458. The van der Waals surface area contributed by atoms with Crippen LogP contribution in [-0.4, -0.2) is 15.9 Å². The molecule has 1 radical (unpaired) electrons. The van der Waals surface area contributed by atoms with Crippen LogP contribution in [0.25, 0.3) is 42.6 Å². The molecular formula is C48H62IrNO2S-. The van der Waals surface area contributed by atoms with Crippen molar-refractivity contribution in [3.05, 3.63) is 101 Å². The largest absolute Gasteiger partial charge is 0.512 e. The zero-order chi connectivity index (χ0) is 38.6. The Labute approximate surface area is 338 Å². The number of benzene rings is 3. The zero-order valence-electron chi connectivity index (χ0n) is 34.5. The Hall–Kier alpha value is -3.11. The number of fused-ring (bicyclic) bond motifs is 2. The number of hydrogen-bond acceptors (Lipinski definition) is 4. The summed E-state index contributed by atoms with van der Waals surface area (Å²) >= 11 is 1.85. The number of thiophene rings is 1. The van der Waals surface area contributed by atoms with Crippen LogP contribution in [-0.2, 0) is 36.7 Å². The van der Waals surface area contributed by atoms with Crippen molar-refractivity contribution in [2.24, 2.45) is 16.2 Å². The molecule has 0 aliphatic heterocycles. The molecule has 0 aliphatic carbocycles. The van der Waals surface area contributed by atoms with Crippen LogP contribution < -0.4 is 0 Å². The van der Waals surface area contributed by atoms with Crippen molar-refractivity contribution in [3.63, 3.8) is 0 Å². The van der Waals surface area contributed by atoms with Crippen LogP contribution in [0.5, 0.6) is 0 Å². The number of ketones is 1. The van der Waals surface area contributed by atoms with Crippen LogP contribution in [0.1, 0.15) is 125 Å². The van der Waals surface area contributed by atoms with Gasteiger partial charge in [-0.25, -0.2) is 0 Å². The summed E-state index contributed by atoms with van der Waals surface area (Å²) in [6, 6.07) is 25.9. The first-order valence-corrected chi connectivity index (χ1v) is 20.0. The van der Waals surface area contributed by atoms with E-state index in [0.29, 0.717) is 0 Å². The van der Waals surface area contributed by atoms with Gasteiger partial charge in [-0.05, 0) is 78.0 Å². The van der Waals surface area contributed by atoms with E-state index in [1.807, 2.05) is 59.1 Å². The van der Waals surface area contributed by atoms with Gasteiger partial charge in [-0.15, -0.1) is 40.5 Å². The number of allylic oxidation sites excluding steroid dienone is 2. The second-order valence-corrected chi connectivity index (χ2v) is 18.4. The standard InChI is InChI=1S/C33H34NS.C15H28O2.Ir/c1-21-26-16-17-34-29(25-18-24-10-8-9-11-27(24)28(19-25)33(5,6)7)31(26)35-30(21)23-14-12-22(13-15-23)20-32(2,3)4;1-7-14(5,8-2)12(16)11-13(17)15(6,9-3)10-4;/h8-17,19H,20H2,1-7H3;11,16H,7-10H2,1-6H3;/q-1;;/b;12-11-;.